The molecule has 24 heavy (non-hydrogen) atoms. The Morgan fingerprint density at radius 3 is 3.00 bits per heavy atom. The van der Waals surface area contributed by atoms with Crippen molar-refractivity contribution < 1.29 is 24.2 Å². The van der Waals surface area contributed by atoms with Crippen molar-refractivity contribution in [2.24, 2.45) is 10.2 Å². The number of benzene rings is 1. The van der Waals surface area contributed by atoms with Crippen LogP contribution in [0.5, 0.6) is 11.5 Å². The van der Waals surface area contributed by atoms with Gasteiger partial charge in [-0.1, -0.05) is 11.8 Å². The van der Waals surface area contributed by atoms with Gasteiger partial charge in [0.1, 0.15) is 0 Å². The molecule has 0 saturated carbocycles. The molecule has 1 aromatic rings. The number of nitrogens with zero attached hydrogens (tertiary/aromatic N) is 2. The number of nitrogens with one attached hydrogen (secondary N) is 1. The van der Waals surface area contributed by atoms with E-state index in [2.05, 4.69) is 15.5 Å². The number of rotatable bonds is 6. The summed E-state index contributed by atoms with van der Waals surface area (Å²) in [5.74, 6) is -0.190. The quantitative estimate of drug-likeness (QED) is 0.454. The van der Waals surface area contributed by atoms with Crippen LogP contribution in [0, 0.1) is 0 Å². The molecule has 0 radical (unpaired) electrons. The fourth-order valence-corrected chi connectivity index (χ4v) is 2.78. The Morgan fingerprint density at radius 1 is 1.50 bits per heavy atom. The van der Waals surface area contributed by atoms with Crippen molar-refractivity contribution in [1.82, 2.24) is 5.32 Å². The van der Waals surface area contributed by atoms with Crippen molar-refractivity contribution in [3.8, 4) is 11.5 Å². The lowest BCUT2D eigenvalue weighted by atomic mass is 10.2. The molecule has 0 bridgehead atoms. The molecule has 1 aliphatic rings. The molecular formula is C15H17N3O5S. The first-order valence-corrected chi connectivity index (χ1v) is 7.96. The summed E-state index contributed by atoms with van der Waals surface area (Å²) < 4.78 is 9.83. The third-order valence-electron chi connectivity index (χ3n) is 3.02. The van der Waals surface area contributed by atoms with Gasteiger partial charge in [-0.15, -0.1) is 5.10 Å². The fourth-order valence-electron chi connectivity index (χ4n) is 1.87. The molecule has 1 amide bonds. The zero-order valence-corrected chi connectivity index (χ0v) is 14.0. The van der Waals surface area contributed by atoms with Crippen LogP contribution in [-0.4, -0.2) is 47.3 Å². The largest absolute Gasteiger partial charge is 0.504 e. The number of amidine groups is 1. The highest BCUT2D eigenvalue weighted by atomic mass is 32.2. The Balaban J connectivity index is 1.92. The van der Waals surface area contributed by atoms with Crippen molar-refractivity contribution in [2.45, 2.75) is 18.6 Å². The third kappa shape index (κ3) is 4.98. The summed E-state index contributed by atoms with van der Waals surface area (Å²) in [6.45, 7) is 1.51. The van der Waals surface area contributed by atoms with Crippen LogP contribution in [0.25, 0.3) is 0 Å². The molecule has 0 spiro atoms. The van der Waals surface area contributed by atoms with E-state index < -0.39 is 0 Å². The van der Waals surface area contributed by atoms with E-state index in [1.165, 1.54) is 38.1 Å². The van der Waals surface area contributed by atoms with Gasteiger partial charge in [0.2, 0.25) is 5.91 Å². The van der Waals surface area contributed by atoms with Crippen LogP contribution in [0.3, 0.4) is 0 Å². The lowest BCUT2D eigenvalue weighted by molar-refractivity contribution is -0.141. The van der Waals surface area contributed by atoms with Crippen molar-refractivity contribution in [2.75, 3.05) is 13.7 Å². The molecule has 128 valence electrons. The van der Waals surface area contributed by atoms with Crippen LogP contribution in [0.1, 0.15) is 18.9 Å². The minimum atomic E-state index is -0.374. The summed E-state index contributed by atoms with van der Waals surface area (Å²) in [5.41, 5.74) is 0.690. The Bertz CT molecular complexity index is 690. The van der Waals surface area contributed by atoms with Crippen LogP contribution in [0.2, 0.25) is 0 Å². The maximum atomic E-state index is 11.8. The molecule has 1 saturated heterocycles. The van der Waals surface area contributed by atoms with Crippen LogP contribution < -0.4 is 10.1 Å². The Morgan fingerprint density at radius 2 is 2.29 bits per heavy atom. The molecule has 1 aromatic carbocycles. The van der Waals surface area contributed by atoms with Crippen molar-refractivity contribution >= 4 is 35.0 Å². The molecular weight excluding hydrogens is 334 g/mol. The third-order valence-corrected chi connectivity index (χ3v) is 4.16. The summed E-state index contributed by atoms with van der Waals surface area (Å²) in [6.07, 6.45) is 1.89. The Labute approximate surface area is 142 Å². The van der Waals surface area contributed by atoms with Gasteiger partial charge in [0, 0.05) is 13.3 Å². The summed E-state index contributed by atoms with van der Waals surface area (Å²) in [5, 5.41) is 20.0. The van der Waals surface area contributed by atoms with E-state index in [0.29, 0.717) is 22.9 Å². The molecule has 1 fully saturated rings. The van der Waals surface area contributed by atoms with Gasteiger partial charge in [-0.25, -0.2) is 0 Å². The SMILES string of the molecule is COc1cc(/C=N/N=C2\NC(=O)C(CCOC(C)=O)S2)ccc1O. The lowest BCUT2D eigenvalue weighted by Crippen LogP contribution is -2.25. The van der Waals surface area contributed by atoms with Gasteiger partial charge in [-0.05, 0) is 23.8 Å². The summed E-state index contributed by atoms with van der Waals surface area (Å²) in [6, 6.07) is 4.76. The minimum absolute atomic E-state index is 0.0372. The predicted molar refractivity (Wildman–Crippen MR) is 90.5 cm³/mol. The molecule has 8 nitrogen and oxygen atoms in total. The molecule has 0 aliphatic carbocycles. The van der Waals surface area contributed by atoms with E-state index in [1.54, 1.807) is 12.1 Å². The van der Waals surface area contributed by atoms with Crippen LogP contribution in [0.4, 0.5) is 0 Å². The van der Waals surface area contributed by atoms with Gasteiger partial charge in [0.15, 0.2) is 16.7 Å². The number of carbonyl (C=O) groups is 2. The first-order chi connectivity index (χ1) is 11.5. The van der Waals surface area contributed by atoms with Gasteiger partial charge in [0.25, 0.3) is 0 Å². The van der Waals surface area contributed by atoms with Gasteiger partial charge in [0.05, 0.1) is 25.2 Å². The first kappa shape index (κ1) is 17.8. The number of aromatic hydroxyl groups is 1. The number of ether oxygens (including phenoxy) is 2. The second kappa shape index (κ2) is 8.34. The molecule has 1 heterocycles. The van der Waals surface area contributed by atoms with E-state index in [4.69, 9.17) is 9.47 Å². The van der Waals surface area contributed by atoms with E-state index in [1.807, 2.05) is 0 Å². The van der Waals surface area contributed by atoms with Crippen molar-refractivity contribution in [3.05, 3.63) is 23.8 Å². The second-order valence-electron chi connectivity index (χ2n) is 4.81. The average molecular weight is 351 g/mol. The number of esters is 1. The standard InChI is InChI=1S/C15H17N3O5S/c1-9(19)23-6-5-13-14(21)17-15(24-13)18-16-8-10-3-4-11(20)12(7-10)22-2/h3-4,7-8,13,20H,5-6H2,1-2H3,(H,17,18,21)/b16-8+. The average Bonchev–Trinajstić information content (AvgIpc) is 2.88. The number of thioether (sulfide) groups is 1. The Hall–Kier alpha value is -2.55. The smallest absolute Gasteiger partial charge is 0.302 e. The molecule has 2 rings (SSSR count). The number of amides is 1. The highest BCUT2D eigenvalue weighted by Gasteiger charge is 2.30. The van der Waals surface area contributed by atoms with Gasteiger partial charge in [-0.3, -0.25) is 9.59 Å². The highest BCUT2D eigenvalue weighted by molar-refractivity contribution is 8.15. The highest BCUT2D eigenvalue weighted by Crippen LogP contribution is 2.25. The monoisotopic (exact) mass is 351 g/mol. The summed E-state index contributed by atoms with van der Waals surface area (Å²) >= 11 is 1.24. The number of phenolic OH excluding ortho intramolecular Hbond substituents is 1. The van der Waals surface area contributed by atoms with E-state index in [9.17, 15) is 14.7 Å². The first-order valence-electron chi connectivity index (χ1n) is 7.08. The number of methoxy groups -OCH3 is 1. The van der Waals surface area contributed by atoms with Gasteiger partial charge < -0.3 is 19.9 Å². The molecule has 2 N–H and O–H groups in total. The molecule has 0 aromatic heterocycles. The number of hydrogen-bond donors (Lipinski definition) is 2. The van der Waals surface area contributed by atoms with Crippen LogP contribution >= 0.6 is 11.8 Å². The fraction of sp³-hybridized carbons (Fsp3) is 0.333. The van der Waals surface area contributed by atoms with E-state index >= 15 is 0 Å². The number of phenols is 1. The molecule has 1 unspecified atom stereocenters. The Kier molecular flexibility index (Phi) is 6.19. The van der Waals surface area contributed by atoms with E-state index in [-0.39, 0.29) is 29.5 Å². The molecule has 9 heteroatoms. The zero-order chi connectivity index (χ0) is 17.5. The maximum Gasteiger partial charge on any atom is 0.302 e. The normalized spacial score (nSPS) is 18.8. The van der Waals surface area contributed by atoms with Crippen molar-refractivity contribution in [1.29, 1.82) is 0 Å². The maximum absolute atomic E-state index is 11.8. The predicted octanol–water partition coefficient (Wildman–Crippen LogP) is 1.28. The van der Waals surface area contributed by atoms with Gasteiger partial charge in [-0.2, -0.15) is 5.10 Å². The number of carbonyl (C=O) groups excluding carboxylic acids is 2. The molecule has 1 aliphatic heterocycles. The zero-order valence-electron chi connectivity index (χ0n) is 13.2. The second-order valence-corrected chi connectivity index (χ2v) is 6.00. The summed E-state index contributed by atoms with van der Waals surface area (Å²) in [4.78, 5) is 22.5. The van der Waals surface area contributed by atoms with Crippen molar-refractivity contribution in [3.63, 3.8) is 0 Å². The lowest BCUT2D eigenvalue weighted by Gasteiger charge is -2.04. The molecule has 1 atom stereocenters. The van der Waals surface area contributed by atoms with Crippen LogP contribution in [-0.2, 0) is 14.3 Å². The minimum Gasteiger partial charge on any atom is -0.504 e. The summed E-state index contributed by atoms with van der Waals surface area (Å²) in [7, 11) is 1.46. The van der Waals surface area contributed by atoms with E-state index in [0.717, 1.165) is 0 Å². The number of hydrogen-bond acceptors (Lipinski definition) is 8. The topological polar surface area (TPSA) is 110 Å². The van der Waals surface area contributed by atoms with Gasteiger partial charge >= 0.3 is 5.97 Å². The van der Waals surface area contributed by atoms with Crippen LogP contribution in [0.15, 0.2) is 28.4 Å².